The molecule has 1 unspecified atom stereocenters. The van der Waals surface area contributed by atoms with Crippen molar-refractivity contribution in [2.45, 2.75) is 12.6 Å². The van der Waals surface area contributed by atoms with E-state index in [2.05, 4.69) is 5.10 Å². The van der Waals surface area contributed by atoms with Crippen LogP contribution in [0.5, 0.6) is 0 Å². The van der Waals surface area contributed by atoms with Gasteiger partial charge in [0, 0.05) is 7.11 Å². The highest BCUT2D eigenvalue weighted by molar-refractivity contribution is 6.31. The number of nitrogens with zero attached hydrogens (tertiary/aromatic N) is 2. The van der Waals surface area contributed by atoms with Gasteiger partial charge in [-0.25, -0.2) is 4.79 Å². The molecule has 1 atom stereocenters. The van der Waals surface area contributed by atoms with Crippen molar-refractivity contribution in [3.63, 3.8) is 0 Å². The standard InChI is InChI=1S/C8H11ClN2O4/c1-15-3-2-11-6(5(9)4-10-11)7(12)8(13)14/h4,7,12H,2-3H2,1H3,(H,13,14). The molecule has 6 nitrogen and oxygen atoms in total. The van der Waals surface area contributed by atoms with Crippen LogP contribution in [0.1, 0.15) is 11.8 Å². The molecule has 2 N–H and O–H groups in total. The Morgan fingerprint density at radius 3 is 3.00 bits per heavy atom. The third-order valence-electron chi connectivity index (χ3n) is 1.83. The number of hydrogen-bond donors (Lipinski definition) is 2. The molecule has 0 bridgehead atoms. The van der Waals surface area contributed by atoms with Gasteiger partial charge in [0.2, 0.25) is 0 Å². The van der Waals surface area contributed by atoms with Gasteiger partial charge >= 0.3 is 5.97 Å². The Hall–Kier alpha value is -1.11. The Bertz CT molecular complexity index is 352. The molecule has 1 aromatic heterocycles. The molecule has 0 aliphatic rings. The van der Waals surface area contributed by atoms with Gasteiger partial charge in [0.15, 0.2) is 6.10 Å². The van der Waals surface area contributed by atoms with Crippen LogP contribution in [-0.2, 0) is 16.1 Å². The van der Waals surface area contributed by atoms with Crippen LogP contribution in [0.4, 0.5) is 0 Å². The van der Waals surface area contributed by atoms with Gasteiger partial charge in [-0.05, 0) is 0 Å². The molecule has 0 radical (unpaired) electrons. The Morgan fingerprint density at radius 1 is 1.80 bits per heavy atom. The van der Waals surface area contributed by atoms with Gasteiger partial charge < -0.3 is 14.9 Å². The predicted octanol–water partition coefficient (Wildman–Crippen LogP) is 0.301. The molecule has 0 aromatic carbocycles. The van der Waals surface area contributed by atoms with Crippen LogP contribution in [0.3, 0.4) is 0 Å². The number of methoxy groups -OCH3 is 1. The summed E-state index contributed by atoms with van der Waals surface area (Å²) in [5.74, 6) is -1.36. The maximum absolute atomic E-state index is 10.6. The number of aromatic nitrogens is 2. The number of aliphatic carboxylic acids is 1. The molecule has 15 heavy (non-hydrogen) atoms. The van der Waals surface area contributed by atoms with Crippen LogP contribution in [0.2, 0.25) is 5.02 Å². The second-order valence-electron chi connectivity index (χ2n) is 2.83. The quantitative estimate of drug-likeness (QED) is 0.766. The van der Waals surface area contributed by atoms with E-state index in [4.69, 9.17) is 21.4 Å². The number of carboxylic acid groups (broad SMARTS) is 1. The highest BCUT2D eigenvalue weighted by Crippen LogP contribution is 2.22. The summed E-state index contributed by atoms with van der Waals surface area (Å²) in [6.07, 6.45) is -0.379. The third kappa shape index (κ3) is 2.68. The first-order valence-electron chi connectivity index (χ1n) is 4.19. The van der Waals surface area contributed by atoms with E-state index in [9.17, 15) is 9.90 Å². The summed E-state index contributed by atoms with van der Waals surface area (Å²) in [6.45, 7) is 0.695. The molecule has 0 amide bonds. The van der Waals surface area contributed by atoms with Crippen LogP contribution in [0.15, 0.2) is 6.20 Å². The van der Waals surface area contributed by atoms with Crippen molar-refractivity contribution in [2.75, 3.05) is 13.7 Å². The lowest BCUT2D eigenvalue weighted by Gasteiger charge is -2.09. The maximum Gasteiger partial charge on any atom is 0.338 e. The molecule has 0 saturated carbocycles. The fourth-order valence-electron chi connectivity index (χ4n) is 1.12. The number of aliphatic hydroxyl groups excluding tert-OH is 1. The highest BCUT2D eigenvalue weighted by atomic mass is 35.5. The van der Waals surface area contributed by atoms with E-state index in [1.54, 1.807) is 0 Å². The van der Waals surface area contributed by atoms with E-state index >= 15 is 0 Å². The predicted molar refractivity (Wildman–Crippen MR) is 51.7 cm³/mol. The van der Waals surface area contributed by atoms with Gasteiger partial charge in [-0.3, -0.25) is 4.68 Å². The van der Waals surface area contributed by atoms with Gasteiger partial charge in [-0.15, -0.1) is 0 Å². The lowest BCUT2D eigenvalue weighted by atomic mass is 10.2. The molecule has 0 saturated heterocycles. The number of ether oxygens (including phenoxy) is 1. The first-order chi connectivity index (χ1) is 7.07. The smallest absolute Gasteiger partial charge is 0.338 e. The van der Waals surface area contributed by atoms with Crippen LogP contribution in [0.25, 0.3) is 0 Å². The molecule has 0 spiro atoms. The van der Waals surface area contributed by atoms with Crippen LogP contribution >= 0.6 is 11.6 Å². The van der Waals surface area contributed by atoms with Crippen molar-refractivity contribution in [1.82, 2.24) is 9.78 Å². The van der Waals surface area contributed by atoms with E-state index in [1.165, 1.54) is 18.0 Å². The van der Waals surface area contributed by atoms with Crippen molar-refractivity contribution in [3.8, 4) is 0 Å². The fraction of sp³-hybridized carbons (Fsp3) is 0.500. The van der Waals surface area contributed by atoms with Crippen LogP contribution in [0, 0.1) is 0 Å². The second-order valence-corrected chi connectivity index (χ2v) is 3.24. The molecular weight excluding hydrogens is 224 g/mol. The van der Waals surface area contributed by atoms with Crippen molar-refractivity contribution in [1.29, 1.82) is 0 Å². The minimum Gasteiger partial charge on any atom is -0.479 e. The summed E-state index contributed by atoms with van der Waals surface area (Å²) in [5, 5.41) is 22.0. The number of carbonyl (C=O) groups is 1. The first-order valence-corrected chi connectivity index (χ1v) is 4.56. The summed E-state index contributed by atoms with van der Waals surface area (Å²) >= 11 is 5.72. The van der Waals surface area contributed by atoms with E-state index in [1.807, 2.05) is 0 Å². The molecule has 1 rings (SSSR count). The highest BCUT2D eigenvalue weighted by Gasteiger charge is 2.24. The molecule has 1 heterocycles. The number of halogens is 1. The molecule has 0 fully saturated rings. The zero-order valence-electron chi connectivity index (χ0n) is 8.05. The minimum atomic E-state index is -1.67. The largest absolute Gasteiger partial charge is 0.479 e. The van der Waals surface area contributed by atoms with Crippen molar-refractivity contribution in [3.05, 3.63) is 16.9 Å². The number of rotatable bonds is 5. The van der Waals surface area contributed by atoms with E-state index in [-0.39, 0.29) is 10.7 Å². The summed E-state index contributed by atoms with van der Waals surface area (Å²) in [5.41, 5.74) is 0.0706. The molecule has 0 aliphatic heterocycles. The topological polar surface area (TPSA) is 84.6 Å². The molecule has 7 heteroatoms. The summed E-state index contributed by atoms with van der Waals surface area (Å²) in [4.78, 5) is 10.6. The van der Waals surface area contributed by atoms with Crippen LogP contribution < -0.4 is 0 Å². The maximum atomic E-state index is 10.6. The Balaban J connectivity index is 2.93. The number of carboxylic acids is 1. The Labute approximate surface area is 91.0 Å². The first kappa shape index (κ1) is 12.0. The molecule has 0 aliphatic carbocycles. The summed E-state index contributed by atoms with van der Waals surface area (Å²) in [7, 11) is 1.51. The van der Waals surface area contributed by atoms with Crippen molar-refractivity contribution in [2.24, 2.45) is 0 Å². The third-order valence-corrected chi connectivity index (χ3v) is 2.12. The lowest BCUT2D eigenvalue weighted by Crippen LogP contribution is -2.18. The van der Waals surface area contributed by atoms with Crippen LogP contribution in [-0.4, -0.2) is 39.7 Å². The summed E-state index contributed by atoms with van der Waals surface area (Å²) < 4.78 is 6.13. The zero-order chi connectivity index (χ0) is 11.4. The Morgan fingerprint density at radius 2 is 2.47 bits per heavy atom. The minimum absolute atomic E-state index is 0.0706. The normalized spacial score (nSPS) is 12.7. The number of aliphatic hydroxyl groups is 1. The molecule has 1 aromatic rings. The van der Waals surface area contributed by atoms with Gasteiger partial charge in [0.1, 0.15) is 0 Å². The van der Waals surface area contributed by atoms with Gasteiger partial charge in [-0.1, -0.05) is 11.6 Å². The lowest BCUT2D eigenvalue weighted by molar-refractivity contribution is -0.147. The SMILES string of the molecule is COCCn1ncc(Cl)c1C(O)C(=O)O. The van der Waals surface area contributed by atoms with E-state index in [0.29, 0.717) is 13.2 Å². The summed E-state index contributed by atoms with van der Waals surface area (Å²) in [6, 6.07) is 0. The number of hydrogen-bond acceptors (Lipinski definition) is 4. The van der Waals surface area contributed by atoms with Gasteiger partial charge in [0.25, 0.3) is 0 Å². The fourth-order valence-corrected chi connectivity index (χ4v) is 1.36. The average molecular weight is 235 g/mol. The van der Waals surface area contributed by atoms with Gasteiger partial charge in [-0.2, -0.15) is 5.10 Å². The molecule has 84 valence electrons. The van der Waals surface area contributed by atoms with E-state index < -0.39 is 12.1 Å². The zero-order valence-corrected chi connectivity index (χ0v) is 8.81. The average Bonchev–Trinajstić information content (AvgIpc) is 2.55. The van der Waals surface area contributed by atoms with Crippen molar-refractivity contribution < 1.29 is 19.7 Å². The Kier molecular flexibility index (Phi) is 4.07. The monoisotopic (exact) mass is 234 g/mol. The van der Waals surface area contributed by atoms with E-state index in [0.717, 1.165) is 0 Å². The van der Waals surface area contributed by atoms with Crippen molar-refractivity contribution >= 4 is 17.6 Å². The second kappa shape index (κ2) is 5.11. The molecular formula is C8H11ClN2O4. The van der Waals surface area contributed by atoms with Gasteiger partial charge in [0.05, 0.1) is 30.1 Å².